The van der Waals surface area contributed by atoms with E-state index < -0.39 is 0 Å². The van der Waals surface area contributed by atoms with Crippen LogP contribution in [0.3, 0.4) is 0 Å². The van der Waals surface area contributed by atoms with E-state index in [0.717, 1.165) is 47.2 Å². The van der Waals surface area contributed by atoms with Crippen LogP contribution in [0.25, 0.3) is 20.8 Å². The predicted octanol–water partition coefficient (Wildman–Crippen LogP) is 5.71. The zero-order chi connectivity index (χ0) is 20.5. The van der Waals surface area contributed by atoms with Crippen LogP contribution in [0, 0.1) is 6.92 Å². The van der Waals surface area contributed by atoms with Gasteiger partial charge in [-0.05, 0) is 86.9 Å². The highest BCUT2D eigenvalue weighted by Crippen LogP contribution is 2.31. The Kier molecular flexibility index (Phi) is 5.11. The van der Waals surface area contributed by atoms with Gasteiger partial charge in [-0.2, -0.15) is 0 Å². The largest absolute Gasteiger partial charge is 0.455 e. The molecule has 0 atom stereocenters. The van der Waals surface area contributed by atoms with E-state index in [0.29, 0.717) is 5.76 Å². The SMILES string of the molecule is Cc1ccc2nc(-c3ccc(NC(=O)c4ccc(CN5CCCC5)o4)cc3)sc2c1. The smallest absolute Gasteiger partial charge is 0.291 e. The van der Waals surface area contributed by atoms with Crippen molar-refractivity contribution in [1.82, 2.24) is 9.88 Å². The summed E-state index contributed by atoms with van der Waals surface area (Å²) in [6.07, 6.45) is 2.47. The van der Waals surface area contributed by atoms with Crippen LogP contribution in [0.1, 0.15) is 34.7 Å². The van der Waals surface area contributed by atoms with E-state index in [1.165, 1.54) is 23.1 Å². The Hall–Kier alpha value is -2.96. The monoisotopic (exact) mass is 417 g/mol. The highest BCUT2D eigenvalue weighted by molar-refractivity contribution is 7.21. The number of nitrogens with one attached hydrogen (secondary N) is 1. The van der Waals surface area contributed by atoms with Gasteiger partial charge in [0.2, 0.25) is 0 Å². The van der Waals surface area contributed by atoms with Gasteiger partial charge in [-0.25, -0.2) is 4.98 Å². The maximum atomic E-state index is 12.5. The first-order chi connectivity index (χ1) is 14.6. The second-order valence-corrected chi connectivity index (χ2v) is 8.80. The van der Waals surface area contributed by atoms with E-state index in [-0.39, 0.29) is 5.91 Å². The van der Waals surface area contributed by atoms with Crippen molar-refractivity contribution in [3.63, 3.8) is 0 Å². The van der Waals surface area contributed by atoms with Crippen molar-refractivity contribution in [3.05, 3.63) is 71.7 Å². The first-order valence-electron chi connectivity index (χ1n) is 10.2. The van der Waals surface area contributed by atoms with Crippen molar-refractivity contribution in [2.45, 2.75) is 26.3 Å². The van der Waals surface area contributed by atoms with Crippen LogP contribution >= 0.6 is 11.3 Å². The summed E-state index contributed by atoms with van der Waals surface area (Å²) in [5.41, 5.74) is 4.02. The number of rotatable bonds is 5. The molecule has 0 aliphatic carbocycles. The number of carbonyl (C=O) groups excluding carboxylic acids is 1. The second kappa shape index (κ2) is 8.05. The molecular formula is C24H23N3O2S. The van der Waals surface area contributed by atoms with E-state index in [1.807, 2.05) is 30.3 Å². The lowest BCUT2D eigenvalue weighted by Gasteiger charge is -2.11. The maximum Gasteiger partial charge on any atom is 0.291 e. The van der Waals surface area contributed by atoms with Crippen molar-refractivity contribution < 1.29 is 9.21 Å². The molecule has 0 saturated carbocycles. The van der Waals surface area contributed by atoms with E-state index in [2.05, 4.69) is 35.3 Å². The van der Waals surface area contributed by atoms with Crippen LogP contribution in [0.15, 0.2) is 59.0 Å². The Morgan fingerprint density at radius 2 is 1.90 bits per heavy atom. The van der Waals surface area contributed by atoms with Gasteiger partial charge in [0.25, 0.3) is 5.91 Å². The lowest BCUT2D eigenvalue weighted by Crippen LogP contribution is -2.18. The molecule has 1 fully saturated rings. The third kappa shape index (κ3) is 4.01. The zero-order valence-corrected chi connectivity index (χ0v) is 17.7. The first kappa shape index (κ1) is 19.0. The Labute approximate surface area is 179 Å². The lowest BCUT2D eigenvalue weighted by molar-refractivity contribution is 0.0993. The number of fused-ring (bicyclic) bond motifs is 1. The summed E-state index contributed by atoms with van der Waals surface area (Å²) in [6.45, 7) is 5.06. The van der Waals surface area contributed by atoms with E-state index in [4.69, 9.17) is 9.40 Å². The molecule has 152 valence electrons. The maximum absolute atomic E-state index is 12.5. The van der Waals surface area contributed by atoms with Crippen LogP contribution in [-0.4, -0.2) is 28.9 Å². The van der Waals surface area contributed by atoms with Crippen molar-refractivity contribution >= 4 is 33.1 Å². The molecule has 1 aliphatic rings. The molecule has 1 saturated heterocycles. The number of amides is 1. The van der Waals surface area contributed by atoms with Gasteiger partial charge < -0.3 is 9.73 Å². The van der Waals surface area contributed by atoms with E-state index in [9.17, 15) is 4.79 Å². The highest BCUT2D eigenvalue weighted by Gasteiger charge is 2.16. The Morgan fingerprint density at radius 3 is 2.70 bits per heavy atom. The number of benzene rings is 2. The summed E-state index contributed by atoms with van der Waals surface area (Å²) in [5, 5.41) is 3.89. The van der Waals surface area contributed by atoms with Gasteiger partial charge in [-0.15, -0.1) is 11.3 Å². The van der Waals surface area contributed by atoms with Crippen molar-refractivity contribution in [1.29, 1.82) is 0 Å². The fourth-order valence-corrected chi connectivity index (χ4v) is 4.86. The second-order valence-electron chi connectivity index (χ2n) is 7.77. The first-order valence-corrected chi connectivity index (χ1v) is 11.1. The summed E-state index contributed by atoms with van der Waals surface area (Å²) in [7, 11) is 0. The molecule has 1 amide bonds. The van der Waals surface area contributed by atoms with E-state index >= 15 is 0 Å². The van der Waals surface area contributed by atoms with Crippen LogP contribution in [-0.2, 0) is 6.54 Å². The Balaban J connectivity index is 1.26. The van der Waals surface area contributed by atoms with Crippen LogP contribution in [0.2, 0.25) is 0 Å². The number of aryl methyl sites for hydroxylation is 1. The minimum absolute atomic E-state index is 0.231. The highest BCUT2D eigenvalue weighted by atomic mass is 32.1. The molecule has 5 nitrogen and oxygen atoms in total. The summed E-state index contributed by atoms with van der Waals surface area (Å²) < 4.78 is 6.94. The standard InChI is InChI=1S/C24H23N3O2S/c1-16-4-10-20-22(14-16)30-24(26-20)17-5-7-18(8-6-17)25-23(28)21-11-9-19(29-21)15-27-12-2-3-13-27/h4-11,14H,2-3,12-13,15H2,1H3,(H,25,28). The molecule has 6 heteroatoms. The number of aromatic nitrogens is 1. The predicted molar refractivity (Wildman–Crippen MR) is 121 cm³/mol. The van der Waals surface area contributed by atoms with E-state index in [1.54, 1.807) is 17.4 Å². The zero-order valence-electron chi connectivity index (χ0n) is 16.9. The van der Waals surface area contributed by atoms with Crippen LogP contribution in [0.4, 0.5) is 5.69 Å². The minimum atomic E-state index is -0.231. The molecule has 0 unspecified atom stereocenters. The number of carbonyl (C=O) groups is 1. The molecule has 30 heavy (non-hydrogen) atoms. The van der Waals surface area contributed by atoms with Crippen molar-refractivity contribution in [3.8, 4) is 10.6 Å². The van der Waals surface area contributed by atoms with Gasteiger partial charge in [-0.3, -0.25) is 9.69 Å². The Bertz CT molecular complexity index is 1190. The van der Waals surface area contributed by atoms with Crippen molar-refractivity contribution in [2.75, 3.05) is 18.4 Å². The van der Waals surface area contributed by atoms with Gasteiger partial charge in [0.05, 0.1) is 16.8 Å². The van der Waals surface area contributed by atoms with Gasteiger partial charge in [0.15, 0.2) is 5.76 Å². The molecule has 1 aliphatic heterocycles. The molecule has 5 rings (SSSR count). The minimum Gasteiger partial charge on any atom is -0.455 e. The summed E-state index contributed by atoms with van der Waals surface area (Å²) in [5.74, 6) is 0.948. The van der Waals surface area contributed by atoms with Crippen LogP contribution in [0.5, 0.6) is 0 Å². The number of hydrogen-bond acceptors (Lipinski definition) is 5. The number of likely N-dealkylation sites (tertiary alicyclic amines) is 1. The molecule has 1 N–H and O–H groups in total. The fraction of sp³-hybridized carbons (Fsp3) is 0.250. The average molecular weight is 418 g/mol. The summed E-state index contributed by atoms with van der Waals surface area (Å²) in [4.78, 5) is 19.6. The summed E-state index contributed by atoms with van der Waals surface area (Å²) in [6, 6.07) is 17.7. The molecule has 0 radical (unpaired) electrons. The number of thiazole rings is 1. The number of anilines is 1. The topological polar surface area (TPSA) is 58.4 Å². The average Bonchev–Trinajstić information content (AvgIpc) is 3.49. The molecular weight excluding hydrogens is 394 g/mol. The number of hydrogen-bond donors (Lipinski definition) is 1. The van der Waals surface area contributed by atoms with Gasteiger partial charge >= 0.3 is 0 Å². The van der Waals surface area contributed by atoms with Gasteiger partial charge in [0.1, 0.15) is 10.8 Å². The quantitative estimate of drug-likeness (QED) is 0.452. The Morgan fingerprint density at radius 1 is 1.10 bits per heavy atom. The number of nitrogens with zero attached hydrogens (tertiary/aromatic N) is 2. The van der Waals surface area contributed by atoms with Gasteiger partial charge in [-0.1, -0.05) is 6.07 Å². The third-order valence-electron chi connectivity index (χ3n) is 5.40. The molecule has 0 spiro atoms. The molecule has 2 aromatic carbocycles. The molecule has 2 aromatic heterocycles. The third-order valence-corrected chi connectivity index (χ3v) is 6.46. The van der Waals surface area contributed by atoms with Gasteiger partial charge in [0, 0.05) is 11.3 Å². The molecule has 3 heterocycles. The lowest BCUT2D eigenvalue weighted by atomic mass is 10.2. The van der Waals surface area contributed by atoms with Crippen LogP contribution < -0.4 is 5.32 Å². The van der Waals surface area contributed by atoms with Crippen molar-refractivity contribution in [2.24, 2.45) is 0 Å². The fourth-order valence-electron chi connectivity index (χ4n) is 3.79. The summed E-state index contributed by atoms with van der Waals surface area (Å²) >= 11 is 1.68. The molecule has 0 bridgehead atoms. The normalized spacial score (nSPS) is 14.4. The number of furan rings is 1. The molecule has 4 aromatic rings.